The molecule has 5 bridgehead atoms. The minimum atomic E-state index is -0.701. The van der Waals surface area contributed by atoms with Gasteiger partial charge in [0.25, 0.3) is 0 Å². The molecular formula is C22H27NO6. The molecule has 0 saturated carbocycles. The minimum Gasteiger partial charge on any atom is -0.492 e. The molecule has 9 atom stereocenters. The highest BCUT2D eigenvalue weighted by Crippen LogP contribution is 2.72. The maximum atomic E-state index is 12.2. The highest BCUT2D eigenvalue weighted by Gasteiger charge is 2.83. The molecule has 5 saturated heterocycles. The van der Waals surface area contributed by atoms with Gasteiger partial charge in [-0.05, 0) is 26.7 Å². The zero-order valence-corrected chi connectivity index (χ0v) is 17.2. The van der Waals surface area contributed by atoms with E-state index in [1.54, 1.807) is 21.0 Å². The van der Waals surface area contributed by atoms with Gasteiger partial charge in [0.2, 0.25) is 11.5 Å². The molecule has 7 nitrogen and oxygen atoms in total. The van der Waals surface area contributed by atoms with Crippen molar-refractivity contribution in [3.63, 3.8) is 0 Å². The monoisotopic (exact) mass is 401 g/mol. The first kappa shape index (κ1) is 18.0. The Morgan fingerprint density at radius 2 is 2.21 bits per heavy atom. The Morgan fingerprint density at radius 1 is 1.41 bits per heavy atom. The van der Waals surface area contributed by atoms with Gasteiger partial charge in [-0.15, -0.1) is 0 Å². The molecule has 0 aromatic heterocycles. The first-order valence-corrected chi connectivity index (χ1v) is 10.6. The Kier molecular flexibility index (Phi) is 3.38. The number of aliphatic hydroxyl groups excluding tert-OH is 1. The van der Waals surface area contributed by atoms with Crippen LogP contribution in [0.15, 0.2) is 35.0 Å². The average Bonchev–Trinajstić information content (AvgIpc) is 3.38. The van der Waals surface area contributed by atoms with E-state index in [2.05, 4.69) is 17.9 Å². The van der Waals surface area contributed by atoms with Gasteiger partial charge in [0.15, 0.2) is 5.76 Å². The third kappa shape index (κ3) is 1.84. The quantitative estimate of drug-likeness (QED) is 0.571. The summed E-state index contributed by atoms with van der Waals surface area (Å²) in [6.07, 6.45) is 5.59. The minimum absolute atomic E-state index is 0.0553. The van der Waals surface area contributed by atoms with Gasteiger partial charge in [0.05, 0.1) is 42.3 Å². The van der Waals surface area contributed by atoms with Crippen LogP contribution in [0.25, 0.3) is 0 Å². The number of ether oxygens (including phenoxy) is 4. The van der Waals surface area contributed by atoms with Crippen molar-refractivity contribution in [3.05, 3.63) is 35.0 Å². The van der Waals surface area contributed by atoms with Crippen LogP contribution in [0.1, 0.15) is 33.6 Å². The van der Waals surface area contributed by atoms with Crippen molar-refractivity contribution in [1.29, 1.82) is 0 Å². The second-order valence-corrected chi connectivity index (χ2v) is 9.31. The first-order chi connectivity index (χ1) is 13.8. The number of carbonyl (C=O) groups is 1. The summed E-state index contributed by atoms with van der Waals surface area (Å²) in [5.41, 5.74) is 0.259. The Bertz CT molecular complexity index is 905. The summed E-state index contributed by atoms with van der Waals surface area (Å²) in [7, 11) is 1.55. The van der Waals surface area contributed by atoms with Crippen molar-refractivity contribution < 1.29 is 28.8 Å². The molecule has 7 heteroatoms. The van der Waals surface area contributed by atoms with Crippen LogP contribution < -0.4 is 0 Å². The number of methoxy groups -OCH3 is 1. The molecule has 1 N–H and O–H groups in total. The molecular weight excluding hydrogens is 374 g/mol. The van der Waals surface area contributed by atoms with Crippen LogP contribution in [-0.2, 0) is 23.7 Å². The molecule has 1 unspecified atom stereocenters. The Hall–Kier alpha value is -1.83. The summed E-state index contributed by atoms with van der Waals surface area (Å²) < 4.78 is 24.4. The molecule has 0 amide bonds. The number of carbonyl (C=O) groups excluding carboxylic acids is 1. The number of rotatable bonds is 3. The van der Waals surface area contributed by atoms with Gasteiger partial charge < -0.3 is 24.1 Å². The van der Waals surface area contributed by atoms with E-state index in [1.807, 2.05) is 6.08 Å². The largest absolute Gasteiger partial charge is 0.492 e. The molecule has 0 aromatic carbocycles. The van der Waals surface area contributed by atoms with E-state index >= 15 is 0 Å². The van der Waals surface area contributed by atoms with Crippen LogP contribution in [0, 0.1) is 17.8 Å². The third-order valence-electron chi connectivity index (χ3n) is 8.12. The molecule has 6 aliphatic rings. The number of hydrogen-bond acceptors (Lipinski definition) is 7. The fraction of sp³-hybridized carbons (Fsp3) is 0.682. The fourth-order valence-corrected chi connectivity index (χ4v) is 7.21. The standard InChI is InChI=1S/C22H27NO6/c1-10(24)5-7-21-14-6-8-23(21)13-9-15(21)28-22(14)16(13)11(2)18(29-22)19-17(26-4)12(3)20(25)27-19/h5,7,10-11,13-16,24H,6,8-9H2,1-4H3/b7-5+,19-18-/t10-,11+,13+,14+,15+,16-,21-,22-/m1/s1. The smallest absolute Gasteiger partial charge is 0.343 e. The van der Waals surface area contributed by atoms with Gasteiger partial charge in [-0.1, -0.05) is 19.1 Å². The third-order valence-corrected chi connectivity index (χ3v) is 8.12. The summed E-state index contributed by atoms with van der Waals surface area (Å²) in [5, 5.41) is 9.87. The lowest BCUT2D eigenvalue weighted by atomic mass is 9.71. The second kappa shape index (κ2) is 5.45. The zero-order chi connectivity index (χ0) is 20.3. The molecule has 6 rings (SSSR count). The van der Waals surface area contributed by atoms with E-state index in [-0.39, 0.29) is 35.4 Å². The van der Waals surface area contributed by atoms with Gasteiger partial charge in [-0.3, -0.25) is 4.90 Å². The number of aliphatic hydroxyl groups is 1. The molecule has 0 aromatic rings. The molecule has 6 aliphatic heterocycles. The van der Waals surface area contributed by atoms with Gasteiger partial charge >= 0.3 is 5.97 Å². The van der Waals surface area contributed by atoms with Crippen LogP contribution in [0.2, 0.25) is 0 Å². The normalized spacial score (nSPS) is 52.5. The van der Waals surface area contributed by atoms with Crippen molar-refractivity contribution in [2.45, 2.75) is 63.2 Å². The molecule has 1 spiro atoms. The summed E-state index contributed by atoms with van der Waals surface area (Å²) in [6, 6.07) is 0.354. The number of nitrogens with zero attached hydrogens (tertiary/aromatic N) is 1. The highest BCUT2D eigenvalue weighted by molar-refractivity contribution is 5.93. The molecule has 0 radical (unpaired) electrons. The van der Waals surface area contributed by atoms with Crippen molar-refractivity contribution in [2.75, 3.05) is 13.7 Å². The lowest BCUT2D eigenvalue weighted by Gasteiger charge is -2.47. The molecule has 156 valence electrons. The molecule has 0 aliphatic carbocycles. The number of hydrogen-bond donors (Lipinski definition) is 1. The predicted molar refractivity (Wildman–Crippen MR) is 101 cm³/mol. The van der Waals surface area contributed by atoms with Crippen LogP contribution in [0.4, 0.5) is 0 Å². The topological polar surface area (TPSA) is 77.5 Å². The summed E-state index contributed by atoms with van der Waals surface area (Å²) in [5.74, 6) is 0.884. The van der Waals surface area contributed by atoms with Crippen LogP contribution in [-0.4, -0.2) is 59.2 Å². The van der Waals surface area contributed by atoms with Crippen molar-refractivity contribution in [3.8, 4) is 0 Å². The van der Waals surface area contributed by atoms with E-state index in [4.69, 9.17) is 18.9 Å². The predicted octanol–water partition coefficient (Wildman–Crippen LogP) is 1.84. The van der Waals surface area contributed by atoms with Crippen LogP contribution in [0.5, 0.6) is 0 Å². The second-order valence-electron chi connectivity index (χ2n) is 9.31. The van der Waals surface area contributed by atoms with E-state index in [0.717, 1.165) is 19.4 Å². The lowest BCUT2D eigenvalue weighted by Crippen LogP contribution is -2.60. The van der Waals surface area contributed by atoms with Gasteiger partial charge in [-0.2, -0.15) is 0 Å². The maximum Gasteiger partial charge on any atom is 0.343 e. The average molecular weight is 401 g/mol. The fourth-order valence-electron chi connectivity index (χ4n) is 7.21. The van der Waals surface area contributed by atoms with Crippen LogP contribution in [0.3, 0.4) is 0 Å². The number of piperidine rings is 1. The van der Waals surface area contributed by atoms with Crippen molar-refractivity contribution in [1.82, 2.24) is 4.90 Å². The van der Waals surface area contributed by atoms with Gasteiger partial charge in [-0.25, -0.2) is 4.79 Å². The number of cyclic esters (lactones) is 1. The van der Waals surface area contributed by atoms with E-state index in [0.29, 0.717) is 28.9 Å². The highest BCUT2D eigenvalue weighted by atomic mass is 16.7. The van der Waals surface area contributed by atoms with Crippen molar-refractivity contribution in [2.24, 2.45) is 17.8 Å². The molecule has 6 heterocycles. The maximum absolute atomic E-state index is 12.2. The van der Waals surface area contributed by atoms with E-state index < -0.39 is 11.9 Å². The lowest BCUT2D eigenvalue weighted by molar-refractivity contribution is -0.255. The number of esters is 1. The summed E-state index contributed by atoms with van der Waals surface area (Å²) in [4.78, 5) is 14.8. The molecule has 29 heavy (non-hydrogen) atoms. The zero-order valence-electron chi connectivity index (χ0n) is 17.2. The molecule has 5 fully saturated rings. The Labute approximate surface area is 169 Å². The number of allylic oxidation sites excluding steroid dienone is 1. The Morgan fingerprint density at radius 3 is 2.93 bits per heavy atom. The number of fused-ring (bicyclic) bond motifs is 1. The van der Waals surface area contributed by atoms with Gasteiger partial charge in [0.1, 0.15) is 5.76 Å². The van der Waals surface area contributed by atoms with Crippen LogP contribution >= 0.6 is 0 Å². The van der Waals surface area contributed by atoms with E-state index in [9.17, 15) is 9.90 Å². The summed E-state index contributed by atoms with van der Waals surface area (Å²) in [6.45, 7) is 6.65. The van der Waals surface area contributed by atoms with Crippen molar-refractivity contribution >= 4 is 5.97 Å². The summed E-state index contributed by atoms with van der Waals surface area (Å²) >= 11 is 0. The first-order valence-electron chi connectivity index (χ1n) is 10.6. The Balaban J connectivity index is 1.47. The van der Waals surface area contributed by atoms with Gasteiger partial charge in [0, 0.05) is 18.5 Å². The van der Waals surface area contributed by atoms with E-state index in [1.165, 1.54) is 0 Å². The SMILES string of the molecule is COC1=C(C)C(=O)O/C1=C1\O[C@@]23O[C@H]4C[C@@H]([C@H]2[C@@H]1C)N1CC[C@H]3[C@]41/C=C/[C@@H](C)O.